The number of amides is 1. The first-order chi connectivity index (χ1) is 15.4. The van der Waals surface area contributed by atoms with Crippen molar-refractivity contribution in [3.05, 3.63) is 63.1 Å². The number of anilines is 1. The number of hydrazine groups is 1. The van der Waals surface area contributed by atoms with Gasteiger partial charge in [-0.05, 0) is 48.7 Å². The Labute approximate surface area is 215 Å². The first-order valence-electron chi connectivity index (χ1n) is 10.5. The summed E-state index contributed by atoms with van der Waals surface area (Å²) < 4.78 is 5.30. The van der Waals surface area contributed by atoms with Gasteiger partial charge in [0.25, 0.3) is 5.91 Å². The molecule has 2 heterocycles. The molecule has 10 heteroatoms. The molecule has 1 saturated heterocycles. The average molecular weight is 532 g/mol. The molecule has 4 rings (SSSR count). The second-order valence-corrected chi connectivity index (χ2v) is 9.38. The van der Waals surface area contributed by atoms with Crippen LogP contribution in [-0.4, -0.2) is 42.9 Å². The molecule has 0 aromatic heterocycles. The van der Waals surface area contributed by atoms with E-state index >= 15 is 0 Å². The maximum absolute atomic E-state index is 13.3. The molecule has 1 amide bonds. The van der Waals surface area contributed by atoms with Crippen LogP contribution in [0.15, 0.2) is 47.6 Å². The van der Waals surface area contributed by atoms with Crippen LogP contribution in [0.3, 0.4) is 0 Å². The Bertz CT molecular complexity index is 1020. The number of halogens is 4. The van der Waals surface area contributed by atoms with Crippen LogP contribution in [0.25, 0.3) is 0 Å². The van der Waals surface area contributed by atoms with Crippen LogP contribution < -0.4 is 10.4 Å². The van der Waals surface area contributed by atoms with Gasteiger partial charge < -0.3 is 4.74 Å². The molecule has 178 valence electrons. The quantitative estimate of drug-likeness (QED) is 0.514. The van der Waals surface area contributed by atoms with E-state index in [1.807, 2.05) is 42.3 Å². The number of methoxy groups -OCH3 is 1. The largest absolute Gasteiger partial charge is 0.383 e. The van der Waals surface area contributed by atoms with Gasteiger partial charge in [0.05, 0.1) is 29.4 Å². The summed E-state index contributed by atoms with van der Waals surface area (Å²) in [4.78, 5) is 13.3. The van der Waals surface area contributed by atoms with Crippen molar-refractivity contribution in [2.75, 3.05) is 25.3 Å². The highest BCUT2D eigenvalue weighted by molar-refractivity contribution is 6.41. The molecule has 2 unspecified atom stereocenters. The van der Waals surface area contributed by atoms with Gasteiger partial charge in [-0.3, -0.25) is 15.2 Å². The standard InChI is InChI=1S/C23H25Cl3N4O2.ClH/c1-14-21(23(31)28-29-11-3-4-18(29)13-32-2)27-30(20-10-9-17(25)12-19(20)26)22(14)15-5-7-16(24)8-6-15;/h5-10,12,14,18,22H,3-4,11,13H2,1-2H3,(H,28,31);1H/t14?,18-,22?;/m1./s1. The molecule has 2 aromatic rings. The van der Waals surface area contributed by atoms with Crippen LogP contribution in [0.4, 0.5) is 5.69 Å². The van der Waals surface area contributed by atoms with Gasteiger partial charge in [0, 0.05) is 29.6 Å². The Hall–Kier alpha value is -1.54. The van der Waals surface area contributed by atoms with Crippen LogP contribution in [0, 0.1) is 5.92 Å². The van der Waals surface area contributed by atoms with Gasteiger partial charge in [-0.2, -0.15) is 5.10 Å². The van der Waals surface area contributed by atoms with Crippen LogP contribution >= 0.6 is 47.2 Å². The Kier molecular flexibility index (Phi) is 8.89. The first kappa shape index (κ1) is 26.1. The number of benzene rings is 2. The summed E-state index contributed by atoms with van der Waals surface area (Å²) in [6.45, 7) is 3.36. The highest BCUT2D eigenvalue weighted by atomic mass is 35.5. The summed E-state index contributed by atoms with van der Waals surface area (Å²) in [6.07, 6.45) is 1.99. The Morgan fingerprint density at radius 1 is 1.15 bits per heavy atom. The topological polar surface area (TPSA) is 57.2 Å². The third-order valence-corrected chi connectivity index (χ3v) is 6.76. The predicted molar refractivity (Wildman–Crippen MR) is 137 cm³/mol. The van der Waals surface area contributed by atoms with Gasteiger partial charge in [-0.1, -0.05) is 53.9 Å². The maximum Gasteiger partial charge on any atom is 0.282 e. The third kappa shape index (κ3) is 5.59. The SMILES string of the molecule is COC[C@H]1CCCN1NC(=O)C1=NN(c2ccc(Cl)cc2Cl)C(c2ccc(Cl)cc2)C1C.Cl. The van der Waals surface area contributed by atoms with Gasteiger partial charge in [0.1, 0.15) is 5.71 Å². The fourth-order valence-electron chi connectivity index (χ4n) is 4.38. The predicted octanol–water partition coefficient (Wildman–Crippen LogP) is 5.76. The highest BCUT2D eigenvalue weighted by Gasteiger charge is 2.41. The lowest BCUT2D eigenvalue weighted by Crippen LogP contribution is -2.49. The fraction of sp³-hybridized carbons (Fsp3) is 0.391. The minimum Gasteiger partial charge on any atom is -0.383 e. The molecular weight excluding hydrogens is 506 g/mol. The number of rotatable bonds is 6. The lowest BCUT2D eigenvalue weighted by molar-refractivity contribution is -0.120. The summed E-state index contributed by atoms with van der Waals surface area (Å²) in [5.41, 5.74) is 5.16. The number of carbonyl (C=O) groups is 1. The molecule has 3 atom stereocenters. The van der Waals surface area contributed by atoms with Crippen molar-refractivity contribution in [3.63, 3.8) is 0 Å². The van der Waals surface area contributed by atoms with Gasteiger partial charge in [0.2, 0.25) is 0 Å². The zero-order valence-electron chi connectivity index (χ0n) is 18.3. The minimum atomic E-state index is -0.222. The molecule has 2 aliphatic heterocycles. The second-order valence-electron chi connectivity index (χ2n) is 8.10. The molecule has 0 saturated carbocycles. The highest BCUT2D eigenvalue weighted by Crippen LogP contribution is 2.42. The fourth-order valence-corrected chi connectivity index (χ4v) is 5.00. The summed E-state index contributed by atoms with van der Waals surface area (Å²) in [7, 11) is 1.67. The number of ether oxygens (including phenoxy) is 1. The van der Waals surface area contributed by atoms with Crippen molar-refractivity contribution in [2.45, 2.75) is 31.8 Å². The van der Waals surface area contributed by atoms with Crippen molar-refractivity contribution in [2.24, 2.45) is 11.0 Å². The molecule has 6 nitrogen and oxygen atoms in total. The Balaban J connectivity index is 0.00000306. The molecule has 33 heavy (non-hydrogen) atoms. The van der Waals surface area contributed by atoms with Gasteiger partial charge >= 0.3 is 0 Å². The zero-order chi connectivity index (χ0) is 22.8. The normalized spacial score (nSPS) is 22.8. The smallest absolute Gasteiger partial charge is 0.282 e. The van der Waals surface area contributed by atoms with Gasteiger partial charge in [-0.15, -0.1) is 12.4 Å². The molecule has 0 aliphatic carbocycles. The van der Waals surface area contributed by atoms with E-state index in [4.69, 9.17) is 44.6 Å². The average Bonchev–Trinajstić information content (AvgIpc) is 3.33. The van der Waals surface area contributed by atoms with Crippen LogP contribution in [0.2, 0.25) is 15.1 Å². The van der Waals surface area contributed by atoms with E-state index in [0.717, 1.165) is 24.9 Å². The third-order valence-electron chi connectivity index (χ3n) is 5.97. The molecule has 1 N–H and O–H groups in total. The Morgan fingerprint density at radius 2 is 1.85 bits per heavy atom. The summed E-state index contributed by atoms with van der Waals surface area (Å²) in [5, 5.41) is 10.1. The number of hydrogen-bond donors (Lipinski definition) is 1. The number of carbonyl (C=O) groups excluding carboxylic acids is 1. The molecule has 1 fully saturated rings. The van der Waals surface area contributed by atoms with Crippen molar-refractivity contribution in [1.29, 1.82) is 0 Å². The molecule has 0 spiro atoms. The number of nitrogens with zero attached hydrogens (tertiary/aromatic N) is 3. The van der Waals surface area contributed by atoms with Crippen LogP contribution in [0.5, 0.6) is 0 Å². The Morgan fingerprint density at radius 3 is 2.52 bits per heavy atom. The van der Waals surface area contributed by atoms with E-state index in [9.17, 15) is 4.79 Å². The van der Waals surface area contributed by atoms with Gasteiger partial charge in [0.15, 0.2) is 0 Å². The van der Waals surface area contributed by atoms with E-state index in [1.165, 1.54) is 0 Å². The summed E-state index contributed by atoms with van der Waals surface area (Å²) in [6, 6.07) is 12.8. The minimum absolute atomic E-state index is 0. The molecular formula is C23H26Cl4N4O2. The van der Waals surface area contributed by atoms with E-state index < -0.39 is 0 Å². The van der Waals surface area contributed by atoms with E-state index in [-0.39, 0.29) is 36.3 Å². The second kappa shape index (κ2) is 11.3. The number of nitrogens with one attached hydrogen (secondary N) is 1. The number of hydrogen-bond acceptors (Lipinski definition) is 5. The molecule has 2 aliphatic rings. The van der Waals surface area contributed by atoms with E-state index in [1.54, 1.807) is 24.3 Å². The van der Waals surface area contributed by atoms with E-state index in [0.29, 0.717) is 33.1 Å². The van der Waals surface area contributed by atoms with Crippen LogP contribution in [-0.2, 0) is 9.53 Å². The van der Waals surface area contributed by atoms with Crippen molar-refractivity contribution < 1.29 is 9.53 Å². The maximum atomic E-state index is 13.3. The van der Waals surface area contributed by atoms with E-state index in [2.05, 4.69) is 5.43 Å². The summed E-state index contributed by atoms with van der Waals surface area (Å²) in [5.74, 6) is -0.404. The lowest BCUT2D eigenvalue weighted by atomic mass is 9.91. The molecule has 0 radical (unpaired) electrons. The summed E-state index contributed by atoms with van der Waals surface area (Å²) >= 11 is 18.7. The monoisotopic (exact) mass is 530 g/mol. The van der Waals surface area contributed by atoms with Crippen LogP contribution in [0.1, 0.15) is 31.4 Å². The number of hydrazone groups is 1. The van der Waals surface area contributed by atoms with Crippen molar-refractivity contribution in [3.8, 4) is 0 Å². The lowest BCUT2D eigenvalue weighted by Gasteiger charge is -2.28. The van der Waals surface area contributed by atoms with Crippen molar-refractivity contribution in [1.82, 2.24) is 10.4 Å². The first-order valence-corrected chi connectivity index (χ1v) is 11.7. The molecule has 0 bridgehead atoms. The van der Waals surface area contributed by atoms with Crippen molar-refractivity contribution >= 4 is 64.5 Å². The zero-order valence-corrected chi connectivity index (χ0v) is 21.4. The van der Waals surface area contributed by atoms with Gasteiger partial charge in [-0.25, -0.2) is 5.01 Å². The molecule has 2 aromatic carbocycles.